The molecule has 4 aromatic carbocycles. The Morgan fingerprint density at radius 2 is 1.44 bits per heavy atom. The van der Waals surface area contributed by atoms with Gasteiger partial charge in [-0.3, -0.25) is 0 Å². The second kappa shape index (κ2) is 12.4. The van der Waals surface area contributed by atoms with Crippen LogP contribution in [0.5, 0.6) is 5.75 Å². The summed E-state index contributed by atoms with van der Waals surface area (Å²) in [6.45, 7) is 0.435. The van der Waals surface area contributed by atoms with E-state index in [1.165, 1.54) is 0 Å². The Kier molecular flexibility index (Phi) is 8.50. The molecule has 0 aliphatic heterocycles. The molecule has 1 aliphatic rings. The van der Waals surface area contributed by atoms with Crippen molar-refractivity contribution in [1.29, 1.82) is 0 Å². The Bertz CT molecular complexity index is 1340. The summed E-state index contributed by atoms with van der Waals surface area (Å²) in [5, 5.41) is 4.24. The summed E-state index contributed by atoms with van der Waals surface area (Å²) in [6.07, 6.45) is 1.73. The fraction of sp³-hybridized carbons (Fsp3) is 0.242. The predicted octanol–water partition coefficient (Wildman–Crippen LogP) is 7.61. The van der Waals surface area contributed by atoms with Crippen LogP contribution in [0.3, 0.4) is 0 Å². The number of nitrogens with one attached hydrogen (secondary N) is 1. The molecule has 0 radical (unpaired) electrons. The first-order valence-electron chi connectivity index (χ1n) is 13.1. The van der Waals surface area contributed by atoms with Crippen LogP contribution >= 0.6 is 11.6 Å². The van der Waals surface area contributed by atoms with Crippen LogP contribution in [0.4, 0.5) is 5.69 Å². The largest absolute Gasteiger partial charge is 0.497 e. The molecule has 39 heavy (non-hydrogen) atoms. The van der Waals surface area contributed by atoms with Gasteiger partial charge in [-0.15, -0.1) is 0 Å². The number of halogens is 1. The summed E-state index contributed by atoms with van der Waals surface area (Å²) in [5.41, 5.74) is 2.34. The standard InChI is InChI=1S/C33H32ClNO4/c1-37-30-20-18-29(19-21-30)35-31(26-12-16-28(34)17-13-26)33(27-14-15-27,39-23-25-10-6-3-7-11-25)32(36)38-22-24-8-4-2-5-9-24/h2-13,16-21,27,31,35H,14-15,22-23H2,1H3/t31-,33+/m0/s1. The van der Waals surface area contributed by atoms with Crippen molar-refractivity contribution in [3.63, 3.8) is 0 Å². The zero-order chi connectivity index (χ0) is 27.1. The lowest BCUT2D eigenvalue weighted by Crippen LogP contribution is -2.52. The highest BCUT2D eigenvalue weighted by molar-refractivity contribution is 6.30. The Morgan fingerprint density at radius 3 is 2.00 bits per heavy atom. The number of anilines is 1. The number of rotatable bonds is 12. The van der Waals surface area contributed by atoms with Crippen LogP contribution in [0, 0.1) is 5.92 Å². The monoisotopic (exact) mass is 541 g/mol. The molecule has 0 saturated heterocycles. The Balaban J connectivity index is 1.55. The predicted molar refractivity (Wildman–Crippen MR) is 154 cm³/mol. The Morgan fingerprint density at radius 1 is 0.846 bits per heavy atom. The first-order chi connectivity index (χ1) is 19.1. The molecule has 200 valence electrons. The molecule has 0 unspecified atom stereocenters. The molecule has 0 amide bonds. The number of benzene rings is 4. The lowest BCUT2D eigenvalue weighted by molar-refractivity contribution is -0.183. The van der Waals surface area contributed by atoms with Crippen molar-refractivity contribution in [2.75, 3.05) is 12.4 Å². The van der Waals surface area contributed by atoms with Gasteiger partial charge in [0.2, 0.25) is 0 Å². The molecule has 1 fully saturated rings. The lowest BCUT2D eigenvalue weighted by atomic mass is 9.83. The summed E-state index contributed by atoms with van der Waals surface area (Å²) in [6, 6.07) is 34.3. The van der Waals surface area contributed by atoms with E-state index in [1.807, 2.05) is 109 Å². The molecule has 2 atom stereocenters. The summed E-state index contributed by atoms with van der Waals surface area (Å²) < 4.78 is 18.1. The minimum Gasteiger partial charge on any atom is -0.497 e. The van der Waals surface area contributed by atoms with Crippen LogP contribution in [-0.2, 0) is 27.5 Å². The van der Waals surface area contributed by atoms with Crippen molar-refractivity contribution in [3.8, 4) is 5.75 Å². The van der Waals surface area contributed by atoms with E-state index in [0.29, 0.717) is 5.02 Å². The van der Waals surface area contributed by atoms with Crippen molar-refractivity contribution in [1.82, 2.24) is 0 Å². The first kappa shape index (κ1) is 26.8. The van der Waals surface area contributed by atoms with Crippen molar-refractivity contribution in [3.05, 3.63) is 131 Å². The molecule has 0 spiro atoms. The second-order valence-electron chi connectivity index (χ2n) is 9.76. The van der Waals surface area contributed by atoms with Gasteiger partial charge in [0.15, 0.2) is 5.60 Å². The fourth-order valence-electron chi connectivity index (χ4n) is 4.85. The van der Waals surface area contributed by atoms with Crippen LogP contribution in [0.1, 0.15) is 35.6 Å². The minimum absolute atomic E-state index is 0.0177. The number of hydrogen-bond donors (Lipinski definition) is 1. The SMILES string of the molecule is COc1ccc(N[C@@H](c2ccc(Cl)cc2)[C@@](OCc2ccccc2)(C(=O)OCc2ccccc2)C2CC2)cc1. The van der Waals surface area contributed by atoms with E-state index in [-0.39, 0.29) is 25.1 Å². The molecular formula is C33H32ClNO4. The highest BCUT2D eigenvalue weighted by atomic mass is 35.5. The summed E-state index contributed by atoms with van der Waals surface area (Å²) in [7, 11) is 1.64. The van der Waals surface area contributed by atoms with Crippen molar-refractivity contribution in [2.24, 2.45) is 5.92 Å². The molecule has 5 nitrogen and oxygen atoms in total. The number of carbonyl (C=O) groups is 1. The van der Waals surface area contributed by atoms with Gasteiger partial charge in [-0.1, -0.05) is 84.4 Å². The molecule has 5 rings (SSSR count). The van der Waals surface area contributed by atoms with E-state index in [4.69, 9.17) is 25.8 Å². The summed E-state index contributed by atoms with van der Waals surface area (Å²) in [5.74, 6) is 0.348. The quantitative estimate of drug-likeness (QED) is 0.187. The van der Waals surface area contributed by atoms with Gasteiger partial charge in [0.1, 0.15) is 12.4 Å². The number of hydrogen-bond acceptors (Lipinski definition) is 5. The van der Waals surface area contributed by atoms with Crippen molar-refractivity contribution < 1.29 is 19.0 Å². The maximum absolute atomic E-state index is 14.3. The molecule has 0 bridgehead atoms. The van der Waals surface area contributed by atoms with E-state index in [9.17, 15) is 4.79 Å². The lowest BCUT2D eigenvalue weighted by Gasteiger charge is -2.40. The summed E-state index contributed by atoms with van der Waals surface area (Å²) in [4.78, 5) is 14.3. The van der Waals surface area contributed by atoms with Gasteiger partial charge in [-0.2, -0.15) is 0 Å². The molecule has 0 aromatic heterocycles. The summed E-state index contributed by atoms with van der Waals surface area (Å²) >= 11 is 6.26. The fourth-order valence-corrected chi connectivity index (χ4v) is 4.98. The molecule has 1 aliphatic carbocycles. The Labute approximate surface area is 234 Å². The van der Waals surface area contributed by atoms with Crippen LogP contribution in [0.2, 0.25) is 5.02 Å². The Hall–Kier alpha value is -3.80. The van der Waals surface area contributed by atoms with Crippen LogP contribution in [0.25, 0.3) is 0 Å². The van der Waals surface area contributed by atoms with Gasteiger partial charge < -0.3 is 19.5 Å². The van der Waals surface area contributed by atoms with Gasteiger partial charge in [0.25, 0.3) is 0 Å². The van der Waals surface area contributed by atoms with Crippen LogP contribution in [0.15, 0.2) is 109 Å². The zero-order valence-electron chi connectivity index (χ0n) is 21.9. The third-order valence-corrected chi connectivity index (χ3v) is 7.32. The van der Waals surface area contributed by atoms with Gasteiger partial charge in [-0.05, 0) is 65.9 Å². The molecule has 6 heteroatoms. The zero-order valence-corrected chi connectivity index (χ0v) is 22.6. The number of carbonyl (C=O) groups excluding carboxylic acids is 1. The molecule has 1 N–H and O–H groups in total. The molecule has 1 saturated carbocycles. The normalized spacial score (nSPS) is 15.1. The maximum Gasteiger partial charge on any atom is 0.341 e. The molecule has 4 aromatic rings. The van der Waals surface area contributed by atoms with Crippen LogP contribution < -0.4 is 10.1 Å². The van der Waals surface area contributed by atoms with Gasteiger partial charge in [0.05, 0.1) is 19.8 Å². The average Bonchev–Trinajstić information content (AvgIpc) is 3.84. The van der Waals surface area contributed by atoms with Crippen molar-refractivity contribution in [2.45, 2.75) is 37.7 Å². The third-order valence-electron chi connectivity index (χ3n) is 7.07. The smallest absolute Gasteiger partial charge is 0.341 e. The van der Waals surface area contributed by atoms with E-state index in [2.05, 4.69) is 5.32 Å². The van der Waals surface area contributed by atoms with E-state index < -0.39 is 11.6 Å². The van der Waals surface area contributed by atoms with Gasteiger partial charge >= 0.3 is 5.97 Å². The number of methoxy groups -OCH3 is 1. The van der Waals surface area contributed by atoms with E-state index in [1.54, 1.807) is 7.11 Å². The highest BCUT2D eigenvalue weighted by Gasteiger charge is 2.59. The van der Waals surface area contributed by atoms with Crippen LogP contribution in [-0.4, -0.2) is 18.7 Å². The maximum atomic E-state index is 14.3. The average molecular weight is 542 g/mol. The third kappa shape index (κ3) is 6.44. The molecule has 0 heterocycles. The second-order valence-corrected chi connectivity index (χ2v) is 10.2. The van der Waals surface area contributed by atoms with E-state index in [0.717, 1.165) is 41.0 Å². The number of ether oxygens (including phenoxy) is 3. The minimum atomic E-state index is -1.28. The molecular weight excluding hydrogens is 510 g/mol. The first-order valence-corrected chi connectivity index (χ1v) is 13.5. The topological polar surface area (TPSA) is 56.8 Å². The number of esters is 1. The van der Waals surface area contributed by atoms with Gasteiger partial charge in [-0.25, -0.2) is 4.79 Å². The van der Waals surface area contributed by atoms with Crippen molar-refractivity contribution >= 4 is 23.3 Å². The van der Waals surface area contributed by atoms with Gasteiger partial charge in [0, 0.05) is 16.6 Å². The van der Waals surface area contributed by atoms with E-state index >= 15 is 0 Å². The highest BCUT2D eigenvalue weighted by Crippen LogP contribution is 2.51.